The van der Waals surface area contributed by atoms with Gasteiger partial charge in [0.2, 0.25) is 0 Å². The number of azide groups is 1. The van der Waals surface area contributed by atoms with Gasteiger partial charge in [0.05, 0.1) is 0 Å². The van der Waals surface area contributed by atoms with Crippen molar-refractivity contribution in [1.29, 1.82) is 0 Å². The summed E-state index contributed by atoms with van der Waals surface area (Å²) in [7, 11) is 0. The van der Waals surface area contributed by atoms with Gasteiger partial charge in [0, 0.05) is 17.0 Å². The molecule has 1 aliphatic carbocycles. The molecule has 5 heteroatoms. The summed E-state index contributed by atoms with van der Waals surface area (Å²) >= 11 is 0. The average Bonchev–Trinajstić information content (AvgIpc) is 1.88. The molecule has 1 saturated carbocycles. The molecule has 4 nitrogen and oxygen atoms in total. The summed E-state index contributed by atoms with van der Waals surface area (Å²) in [6, 6.07) is 0.415. The fourth-order valence-electron chi connectivity index (χ4n) is 1.38. The Balaban J connectivity index is 0.000001000. The van der Waals surface area contributed by atoms with Gasteiger partial charge in [-0.2, -0.15) is 0 Å². The number of nitrogens with zero attached hydrogens (tertiary/aromatic N) is 3. The smallest absolute Gasteiger partial charge is 0.0388 e. The molecule has 64 valence electrons. The second-order valence-electron chi connectivity index (χ2n) is 2.79. The van der Waals surface area contributed by atoms with Gasteiger partial charge in [0.1, 0.15) is 0 Å². The van der Waals surface area contributed by atoms with E-state index < -0.39 is 0 Å². The van der Waals surface area contributed by atoms with Crippen molar-refractivity contribution >= 4 is 12.4 Å². The fourth-order valence-corrected chi connectivity index (χ4v) is 1.38. The van der Waals surface area contributed by atoms with E-state index in [1.807, 2.05) is 0 Å². The molecular formula is C6H13ClN4. The van der Waals surface area contributed by atoms with E-state index in [9.17, 15) is 0 Å². The third kappa shape index (κ3) is 3.46. The Kier molecular flexibility index (Phi) is 5.03. The first-order valence-electron chi connectivity index (χ1n) is 3.62. The minimum absolute atomic E-state index is 0. The van der Waals surface area contributed by atoms with E-state index in [1.165, 1.54) is 0 Å². The lowest BCUT2D eigenvalue weighted by Gasteiger charge is -2.22. The second-order valence-corrected chi connectivity index (χ2v) is 2.79. The highest BCUT2D eigenvalue weighted by Crippen LogP contribution is 2.19. The molecule has 0 aliphatic heterocycles. The first kappa shape index (κ1) is 10.6. The lowest BCUT2D eigenvalue weighted by Crippen LogP contribution is -2.29. The van der Waals surface area contributed by atoms with Crippen molar-refractivity contribution < 1.29 is 0 Å². The van der Waals surface area contributed by atoms with Crippen molar-refractivity contribution in [1.82, 2.24) is 0 Å². The van der Waals surface area contributed by atoms with Crippen LogP contribution in [0.15, 0.2) is 5.11 Å². The van der Waals surface area contributed by atoms with Crippen LogP contribution in [-0.4, -0.2) is 12.1 Å². The van der Waals surface area contributed by atoms with Crippen LogP contribution >= 0.6 is 12.4 Å². The van der Waals surface area contributed by atoms with E-state index in [0.29, 0.717) is 0 Å². The van der Waals surface area contributed by atoms with Gasteiger partial charge in [-0.15, -0.1) is 12.4 Å². The van der Waals surface area contributed by atoms with Gasteiger partial charge in [-0.05, 0) is 24.8 Å². The molecular weight excluding hydrogens is 164 g/mol. The molecule has 0 bridgehead atoms. The normalized spacial score (nSPS) is 29.9. The summed E-state index contributed by atoms with van der Waals surface area (Å²) in [6.45, 7) is 0. The van der Waals surface area contributed by atoms with Crippen LogP contribution in [0.1, 0.15) is 25.7 Å². The highest BCUT2D eigenvalue weighted by Gasteiger charge is 2.17. The Bertz CT molecular complexity index is 155. The lowest BCUT2D eigenvalue weighted by molar-refractivity contribution is 0.392. The van der Waals surface area contributed by atoms with E-state index in [2.05, 4.69) is 10.0 Å². The van der Waals surface area contributed by atoms with Gasteiger partial charge in [-0.3, -0.25) is 0 Å². The van der Waals surface area contributed by atoms with E-state index in [4.69, 9.17) is 11.3 Å². The SMILES string of the molecule is Cl.[N-]=[N+]=N[C@@H]1CCC[C@H](N)C1. The third-order valence-corrected chi connectivity index (χ3v) is 1.90. The Morgan fingerprint density at radius 3 is 2.73 bits per heavy atom. The zero-order valence-electron chi connectivity index (χ0n) is 6.31. The second kappa shape index (κ2) is 5.24. The molecule has 0 aromatic carbocycles. The van der Waals surface area contributed by atoms with Crippen LogP contribution < -0.4 is 5.73 Å². The molecule has 0 radical (unpaired) electrons. The number of nitrogens with two attached hydrogens (primary N) is 1. The Morgan fingerprint density at radius 2 is 2.18 bits per heavy atom. The highest BCUT2D eigenvalue weighted by atomic mass is 35.5. The van der Waals surface area contributed by atoms with Crippen molar-refractivity contribution in [2.75, 3.05) is 0 Å². The predicted molar refractivity (Wildman–Crippen MR) is 46.6 cm³/mol. The Hall–Kier alpha value is -0.440. The van der Waals surface area contributed by atoms with E-state index in [0.717, 1.165) is 25.7 Å². The van der Waals surface area contributed by atoms with Crippen LogP contribution in [0.5, 0.6) is 0 Å². The molecule has 2 N–H and O–H groups in total. The van der Waals surface area contributed by atoms with Crippen LogP contribution in [0, 0.1) is 0 Å². The van der Waals surface area contributed by atoms with Crippen molar-refractivity contribution in [3.05, 3.63) is 10.4 Å². The van der Waals surface area contributed by atoms with Crippen molar-refractivity contribution in [2.24, 2.45) is 10.8 Å². The molecule has 0 unspecified atom stereocenters. The molecule has 0 amide bonds. The highest BCUT2D eigenvalue weighted by molar-refractivity contribution is 5.85. The summed E-state index contributed by atoms with van der Waals surface area (Å²) in [5.41, 5.74) is 13.8. The van der Waals surface area contributed by atoms with E-state index >= 15 is 0 Å². The maximum Gasteiger partial charge on any atom is 0.0388 e. The predicted octanol–water partition coefficient (Wildman–Crippen LogP) is 1.99. The van der Waals surface area contributed by atoms with Crippen LogP contribution in [0.3, 0.4) is 0 Å². The molecule has 0 spiro atoms. The molecule has 1 aliphatic rings. The number of hydrogen-bond donors (Lipinski definition) is 1. The summed E-state index contributed by atoms with van der Waals surface area (Å²) in [5.74, 6) is 0. The molecule has 0 saturated heterocycles. The summed E-state index contributed by atoms with van der Waals surface area (Å²) in [6.07, 6.45) is 4.06. The maximum absolute atomic E-state index is 8.12. The van der Waals surface area contributed by atoms with Gasteiger partial charge in [-0.25, -0.2) is 0 Å². The molecule has 1 rings (SSSR count). The van der Waals surface area contributed by atoms with Gasteiger partial charge in [0.25, 0.3) is 0 Å². The van der Waals surface area contributed by atoms with Crippen LogP contribution in [0.2, 0.25) is 0 Å². The summed E-state index contributed by atoms with van der Waals surface area (Å²) in [4.78, 5) is 2.76. The van der Waals surface area contributed by atoms with Crippen LogP contribution in [0.4, 0.5) is 0 Å². The summed E-state index contributed by atoms with van der Waals surface area (Å²) < 4.78 is 0. The van der Waals surface area contributed by atoms with Crippen LogP contribution in [0.25, 0.3) is 10.4 Å². The molecule has 0 aromatic heterocycles. The lowest BCUT2D eigenvalue weighted by atomic mass is 9.92. The first-order chi connectivity index (χ1) is 4.83. The zero-order chi connectivity index (χ0) is 7.40. The third-order valence-electron chi connectivity index (χ3n) is 1.90. The van der Waals surface area contributed by atoms with Gasteiger partial charge in [-0.1, -0.05) is 11.5 Å². The Morgan fingerprint density at radius 1 is 1.45 bits per heavy atom. The fraction of sp³-hybridized carbons (Fsp3) is 1.00. The zero-order valence-corrected chi connectivity index (χ0v) is 7.13. The first-order valence-corrected chi connectivity index (χ1v) is 3.62. The van der Waals surface area contributed by atoms with Crippen molar-refractivity contribution in [2.45, 2.75) is 37.8 Å². The quantitative estimate of drug-likeness (QED) is 0.370. The number of hydrogen-bond acceptors (Lipinski definition) is 2. The van der Waals surface area contributed by atoms with Crippen molar-refractivity contribution in [3.63, 3.8) is 0 Å². The minimum Gasteiger partial charge on any atom is -0.328 e. The standard InChI is InChI=1S/C6H12N4.ClH/c7-5-2-1-3-6(4-5)9-10-8;/h5-6H,1-4,7H2;1H/t5-,6+;/m0./s1. The maximum atomic E-state index is 8.12. The Labute approximate surface area is 72.2 Å². The summed E-state index contributed by atoms with van der Waals surface area (Å²) in [5, 5.41) is 3.63. The number of halogens is 1. The minimum atomic E-state index is 0. The number of rotatable bonds is 1. The topological polar surface area (TPSA) is 74.8 Å². The van der Waals surface area contributed by atoms with Crippen molar-refractivity contribution in [3.8, 4) is 0 Å². The van der Waals surface area contributed by atoms with Gasteiger partial charge < -0.3 is 5.73 Å². The average molecular weight is 177 g/mol. The molecule has 0 heterocycles. The van der Waals surface area contributed by atoms with E-state index in [1.54, 1.807) is 0 Å². The molecule has 11 heavy (non-hydrogen) atoms. The monoisotopic (exact) mass is 176 g/mol. The molecule has 2 atom stereocenters. The van der Waals surface area contributed by atoms with Gasteiger partial charge in [0.15, 0.2) is 0 Å². The largest absolute Gasteiger partial charge is 0.328 e. The molecule has 0 aromatic rings. The van der Waals surface area contributed by atoms with E-state index in [-0.39, 0.29) is 24.5 Å². The van der Waals surface area contributed by atoms with Gasteiger partial charge >= 0.3 is 0 Å². The molecule has 1 fully saturated rings. The van der Waals surface area contributed by atoms with Crippen LogP contribution in [-0.2, 0) is 0 Å².